The Morgan fingerprint density at radius 3 is 1.78 bits per heavy atom. The molecule has 0 aliphatic carbocycles. The first-order chi connectivity index (χ1) is 27.4. The highest BCUT2D eigenvalue weighted by molar-refractivity contribution is 6.24. The fourth-order valence-electron chi connectivity index (χ4n) is 6.36. The van der Waals surface area contributed by atoms with E-state index in [0.29, 0.717) is 22.1 Å². The van der Waals surface area contributed by atoms with Crippen molar-refractivity contribution in [2.24, 2.45) is 0 Å². The molecular weight excluding hydrogens is 553 g/mol. The molecule has 0 atom stereocenters. The Labute approximate surface area is 284 Å². The van der Waals surface area contributed by atoms with Gasteiger partial charge in [-0.3, -0.25) is 0 Å². The quantitative estimate of drug-likeness (QED) is 0.178. The second-order valence-electron chi connectivity index (χ2n) is 11.2. The zero-order valence-electron chi connectivity index (χ0n) is 35.5. The normalized spacial score (nSPS) is 14.8. The summed E-state index contributed by atoms with van der Waals surface area (Å²) < 4.78 is 103. The van der Waals surface area contributed by atoms with Crippen molar-refractivity contribution in [3.05, 3.63) is 182 Å². The highest BCUT2D eigenvalue weighted by atomic mass is 14.2. The van der Waals surface area contributed by atoms with Crippen LogP contribution < -0.4 is 0 Å². The van der Waals surface area contributed by atoms with Crippen LogP contribution >= 0.6 is 0 Å². The Balaban J connectivity index is 1.55. The Morgan fingerprint density at radius 1 is 0.326 bits per heavy atom. The molecule has 0 bridgehead atoms. The molecule has 46 heavy (non-hydrogen) atoms. The van der Waals surface area contributed by atoms with Crippen molar-refractivity contribution in [2.75, 3.05) is 0 Å². The van der Waals surface area contributed by atoms with Crippen LogP contribution in [-0.4, -0.2) is 0 Å². The largest absolute Gasteiger partial charge is 0.0636 e. The van der Waals surface area contributed by atoms with E-state index in [-0.39, 0.29) is 79.6 Å². The van der Waals surface area contributed by atoms with Gasteiger partial charge in [-0.1, -0.05) is 170 Å². The Hall–Kier alpha value is -5.98. The van der Waals surface area contributed by atoms with Gasteiger partial charge in [0.05, 0.1) is 15.1 Å². The van der Waals surface area contributed by atoms with E-state index >= 15 is 0 Å². The average molecular weight is 594 g/mol. The second-order valence-corrected chi connectivity index (χ2v) is 11.2. The number of rotatable bonds is 4. The minimum Gasteiger partial charge on any atom is -0.0622 e. The summed E-state index contributed by atoms with van der Waals surface area (Å²) in [6, 6.07) is 30.0. The predicted molar refractivity (Wildman–Crippen MR) is 198 cm³/mol. The van der Waals surface area contributed by atoms with Gasteiger partial charge in [-0.05, 0) is 99.7 Å². The average Bonchev–Trinajstić information content (AvgIpc) is 3.23. The van der Waals surface area contributed by atoms with Crippen molar-refractivity contribution in [2.45, 2.75) is 0 Å². The van der Waals surface area contributed by atoms with E-state index in [0.717, 1.165) is 16.2 Å². The molecule has 0 radical (unpaired) electrons. The molecule has 0 saturated heterocycles. The molecule has 0 aromatic heterocycles. The molecular formula is C46H30. The number of hydrogen-bond acceptors (Lipinski definition) is 0. The van der Waals surface area contributed by atoms with E-state index < -0.39 is 36.3 Å². The van der Waals surface area contributed by atoms with Gasteiger partial charge < -0.3 is 0 Å². The zero-order valence-corrected chi connectivity index (χ0v) is 24.5. The fraction of sp³-hybridized carbons (Fsp3) is 0. The SMILES string of the molecule is [2H]c1c([2H])c(-c2c3c([2H])c([2H])c([2H])c([2H])c3c(-c3cccc4ccccc34)c3c([2H])c(-c4ccccc4)c([2H])c([2H])c23)c([2H])c([2H])c1-c1ccc2ccccc2c1. The van der Waals surface area contributed by atoms with Crippen LogP contribution in [-0.2, 0) is 0 Å². The lowest BCUT2D eigenvalue weighted by Crippen LogP contribution is -1.92. The van der Waals surface area contributed by atoms with E-state index in [1.165, 1.54) is 0 Å². The van der Waals surface area contributed by atoms with Crippen molar-refractivity contribution in [1.29, 1.82) is 0 Å². The van der Waals surface area contributed by atoms with Crippen LogP contribution in [0.5, 0.6) is 0 Å². The number of benzene rings is 9. The van der Waals surface area contributed by atoms with Crippen LogP contribution in [0, 0.1) is 0 Å². The number of fused-ring (bicyclic) bond motifs is 4. The van der Waals surface area contributed by atoms with Gasteiger partial charge >= 0.3 is 0 Å². The molecule has 9 aromatic rings. The maximum atomic E-state index is 9.91. The van der Waals surface area contributed by atoms with Crippen LogP contribution in [0.3, 0.4) is 0 Å². The lowest BCUT2D eigenvalue weighted by Gasteiger charge is -2.20. The fourth-order valence-corrected chi connectivity index (χ4v) is 6.36. The summed E-state index contributed by atoms with van der Waals surface area (Å²) in [6.45, 7) is 0. The van der Waals surface area contributed by atoms with E-state index in [1.54, 1.807) is 48.5 Å². The first-order valence-corrected chi connectivity index (χ1v) is 15.0. The van der Waals surface area contributed by atoms with Crippen LogP contribution in [0.1, 0.15) is 15.1 Å². The zero-order chi connectivity index (χ0) is 40.0. The first kappa shape index (κ1) is 17.5. The number of hydrogen-bond donors (Lipinski definition) is 0. The monoisotopic (exact) mass is 593 g/mol. The Bertz CT molecular complexity index is 3160. The summed E-state index contributed by atoms with van der Waals surface area (Å²) in [5.74, 6) is 0. The molecule has 0 saturated carbocycles. The van der Waals surface area contributed by atoms with Crippen molar-refractivity contribution in [3.8, 4) is 44.5 Å². The molecule has 214 valence electrons. The van der Waals surface area contributed by atoms with Crippen molar-refractivity contribution in [1.82, 2.24) is 0 Å². The van der Waals surface area contributed by atoms with Gasteiger partial charge in [-0.15, -0.1) is 0 Å². The molecule has 9 aromatic carbocycles. The predicted octanol–water partition coefficient (Wildman–Crippen LogP) is 13.0. The van der Waals surface area contributed by atoms with Crippen molar-refractivity contribution >= 4 is 43.1 Å². The maximum absolute atomic E-state index is 9.91. The third-order valence-electron chi connectivity index (χ3n) is 8.53. The highest BCUT2D eigenvalue weighted by Gasteiger charge is 2.19. The summed E-state index contributed by atoms with van der Waals surface area (Å²) in [4.78, 5) is 0. The molecule has 0 N–H and O–H groups in total. The molecule has 0 heterocycles. The topological polar surface area (TPSA) is 0 Å². The van der Waals surface area contributed by atoms with Crippen LogP contribution in [0.15, 0.2) is 182 Å². The van der Waals surface area contributed by atoms with E-state index in [1.807, 2.05) is 66.7 Å². The molecule has 0 aliphatic rings. The van der Waals surface area contributed by atoms with Crippen LogP contribution in [0.4, 0.5) is 0 Å². The summed E-state index contributed by atoms with van der Waals surface area (Å²) in [5, 5.41) is 3.19. The third kappa shape index (κ3) is 4.38. The highest BCUT2D eigenvalue weighted by Crippen LogP contribution is 2.46. The lowest BCUT2D eigenvalue weighted by atomic mass is 9.83. The van der Waals surface area contributed by atoms with E-state index in [4.69, 9.17) is 2.74 Å². The summed E-state index contributed by atoms with van der Waals surface area (Å²) in [5.41, 5.74) is 1.43. The minimum absolute atomic E-state index is 0.0000349. The van der Waals surface area contributed by atoms with Crippen LogP contribution in [0.25, 0.3) is 87.6 Å². The van der Waals surface area contributed by atoms with Crippen molar-refractivity contribution in [3.63, 3.8) is 0 Å². The third-order valence-corrected chi connectivity index (χ3v) is 8.53. The second kappa shape index (κ2) is 10.9. The van der Waals surface area contributed by atoms with Gasteiger partial charge in [0.1, 0.15) is 0 Å². The Kier molecular flexibility index (Phi) is 4.14. The van der Waals surface area contributed by atoms with Crippen molar-refractivity contribution < 1.29 is 15.1 Å². The van der Waals surface area contributed by atoms with Gasteiger partial charge in [0.15, 0.2) is 0 Å². The van der Waals surface area contributed by atoms with Gasteiger partial charge in [0.25, 0.3) is 0 Å². The summed E-state index contributed by atoms with van der Waals surface area (Å²) in [7, 11) is 0. The van der Waals surface area contributed by atoms with Gasteiger partial charge in [0, 0.05) is 0 Å². The first-order valence-electron chi connectivity index (χ1n) is 20.5. The Morgan fingerprint density at radius 2 is 0.957 bits per heavy atom. The van der Waals surface area contributed by atoms with Gasteiger partial charge in [-0.25, -0.2) is 0 Å². The lowest BCUT2D eigenvalue weighted by molar-refractivity contribution is 1.62. The molecule has 0 aliphatic heterocycles. The summed E-state index contributed by atoms with van der Waals surface area (Å²) in [6.07, 6.45) is 0. The minimum atomic E-state index is -0.593. The standard InChI is InChI=1S/C46H30/c1-2-11-31(12-3-1)38-27-28-43-44(30-38)46(40-20-10-16-34-14-6-7-17-39(34)40)42-19-9-8-18-41(42)45(43)35-24-21-33(22-25-35)37-26-23-32-13-4-5-15-36(32)29-37/h1-30H/i8D,9D,18D,19D,21D,22D,24D,25D,27D,28D,30D. The maximum Gasteiger partial charge on any atom is 0.0636 e. The molecule has 0 fully saturated rings. The molecule has 0 unspecified atom stereocenters. The molecule has 9 rings (SSSR count). The van der Waals surface area contributed by atoms with E-state index in [2.05, 4.69) is 0 Å². The molecule has 0 heteroatoms. The van der Waals surface area contributed by atoms with Gasteiger partial charge in [0.2, 0.25) is 0 Å². The summed E-state index contributed by atoms with van der Waals surface area (Å²) >= 11 is 0. The molecule has 0 nitrogen and oxygen atoms in total. The molecule has 0 amide bonds. The molecule has 0 spiro atoms. The van der Waals surface area contributed by atoms with Crippen LogP contribution in [0.2, 0.25) is 0 Å². The van der Waals surface area contributed by atoms with Gasteiger partial charge in [-0.2, -0.15) is 0 Å². The smallest absolute Gasteiger partial charge is 0.0622 e. The van der Waals surface area contributed by atoms with E-state index in [9.17, 15) is 12.3 Å².